The molecule has 1 amide bonds. The van der Waals surface area contributed by atoms with Gasteiger partial charge in [0.1, 0.15) is 0 Å². The molecular weight excluding hydrogens is 209 g/mol. The molecule has 1 unspecified atom stereocenters. The minimum Gasteiger partial charge on any atom is -0.330 e. The van der Waals surface area contributed by atoms with Crippen molar-refractivity contribution in [1.82, 2.24) is 4.90 Å². The topological polar surface area (TPSA) is 46.3 Å². The van der Waals surface area contributed by atoms with Gasteiger partial charge in [-0.15, -0.1) is 6.42 Å². The number of rotatable bonds is 3. The Kier molecular flexibility index (Phi) is 4.16. The fourth-order valence-corrected chi connectivity index (χ4v) is 0.887. The molecule has 0 rings (SSSR count). The molecule has 0 aliphatic heterocycles. The second-order valence-electron chi connectivity index (χ2n) is 3.22. The van der Waals surface area contributed by atoms with Crippen molar-refractivity contribution >= 4 is 5.91 Å². The lowest BCUT2D eigenvalue weighted by Crippen LogP contribution is -2.62. The number of carbonyl (C=O) groups excluding carboxylic acids is 1. The first-order valence-corrected chi connectivity index (χ1v) is 4.27. The summed E-state index contributed by atoms with van der Waals surface area (Å²) in [6.45, 7) is 2.07. The van der Waals surface area contributed by atoms with Crippen molar-refractivity contribution in [2.75, 3.05) is 13.1 Å². The van der Waals surface area contributed by atoms with Crippen LogP contribution in [0.5, 0.6) is 0 Å². The van der Waals surface area contributed by atoms with E-state index in [4.69, 9.17) is 12.2 Å². The van der Waals surface area contributed by atoms with E-state index < -0.39 is 17.6 Å². The molecule has 0 aromatic heterocycles. The van der Waals surface area contributed by atoms with Crippen LogP contribution in [0.3, 0.4) is 0 Å². The van der Waals surface area contributed by atoms with E-state index in [0.717, 1.165) is 4.90 Å². The van der Waals surface area contributed by atoms with Crippen LogP contribution in [0.15, 0.2) is 0 Å². The van der Waals surface area contributed by atoms with E-state index in [1.165, 1.54) is 6.92 Å². The molecule has 3 nitrogen and oxygen atoms in total. The first-order valence-electron chi connectivity index (χ1n) is 4.27. The largest absolute Gasteiger partial charge is 0.415 e. The van der Waals surface area contributed by atoms with Gasteiger partial charge >= 0.3 is 6.18 Å². The van der Waals surface area contributed by atoms with Gasteiger partial charge in [-0.2, -0.15) is 13.2 Å². The molecule has 15 heavy (non-hydrogen) atoms. The third kappa shape index (κ3) is 2.86. The number of alkyl halides is 3. The summed E-state index contributed by atoms with van der Waals surface area (Å²) in [7, 11) is 0. The number of carbonyl (C=O) groups is 1. The van der Waals surface area contributed by atoms with E-state index in [1.54, 1.807) is 0 Å². The molecule has 0 aromatic carbocycles. The fourth-order valence-electron chi connectivity index (χ4n) is 0.887. The average Bonchev–Trinajstić information content (AvgIpc) is 2.11. The highest BCUT2D eigenvalue weighted by Crippen LogP contribution is 2.29. The highest BCUT2D eigenvalue weighted by atomic mass is 19.4. The molecule has 0 spiro atoms. The lowest BCUT2D eigenvalue weighted by molar-refractivity contribution is -0.193. The number of nitrogens with zero attached hydrogens (tertiary/aromatic N) is 1. The molecule has 1 atom stereocenters. The zero-order valence-electron chi connectivity index (χ0n) is 8.56. The third-order valence-corrected chi connectivity index (χ3v) is 1.98. The minimum atomic E-state index is -4.79. The summed E-state index contributed by atoms with van der Waals surface area (Å²) in [5, 5.41) is 0. The summed E-state index contributed by atoms with van der Waals surface area (Å²) < 4.78 is 37.2. The maximum absolute atomic E-state index is 12.4. The van der Waals surface area contributed by atoms with Crippen LogP contribution in [-0.2, 0) is 4.79 Å². The van der Waals surface area contributed by atoms with E-state index in [-0.39, 0.29) is 13.1 Å². The van der Waals surface area contributed by atoms with E-state index in [0.29, 0.717) is 6.92 Å². The zero-order chi connectivity index (χ0) is 12.3. The number of likely N-dealkylation sites (N-methyl/N-ethyl adjacent to an activating group) is 1. The van der Waals surface area contributed by atoms with Crippen LogP contribution in [-0.4, -0.2) is 35.6 Å². The van der Waals surface area contributed by atoms with Crippen molar-refractivity contribution in [2.24, 2.45) is 5.73 Å². The van der Waals surface area contributed by atoms with Gasteiger partial charge < -0.3 is 10.6 Å². The van der Waals surface area contributed by atoms with Gasteiger partial charge in [0.15, 0.2) is 5.54 Å². The van der Waals surface area contributed by atoms with Crippen LogP contribution >= 0.6 is 0 Å². The summed E-state index contributed by atoms with van der Waals surface area (Å²) >= 11 is 0. The molecule has 0 saturated heterocycles. The van der Waals surface area contributed by atoms with Crippen LogP contribution < -0.4 is 5.73 Å². The van der Waals surface area contributed by atoms with E-state index in [2.05, 4.69) is 5.92 Å². The molecule has 0 aliphatic carbocycles. The summed E-state index contributed by atoms with van der Waals surface area (Å²) in [5.41, 5.74) is 2.07. The van der Waals surface area contributed by atoms with Gasteiger partial charge in [-0.1, -0.05) is 5.92 Å². The number of terminal acetylenes is 1. The second-order valence-corrected chi connectivity index (χ2v) is 3.22. The van der Waals surface area contributed by atoms with Crippen molar-refractivity contribution in [2.45, 2.75) is 25.6 Å². The zero-order valence-corrected chi connectivity index (χ0v) is 8.56. The molecule has 86 valence electrons. The van der Waals surface area contributed by atoms with Gasteiger partial charge in [-0.25, -0.2) is 0 Å². The van der Waals surface area contributed by atoms with Crippen molar-refractivity contribution in [3.05, 3.63) is 0 Å². The normalized spacial score (nSPS) is 15.3. The maximum Gasteiger partial charge on any atom is 0.415 e. The van der Waals surface area contributed by atoms with Crippen LogP contribution in [0.1, 0.15) is 13.8 Å². The molecule has 0 bridgehead atoms. The summed E-state index contributed by atoms with van der Waals surface area (Å²) in [4.78, 5) is 12.3. The van der Waals surface area contributed by atoms with E-state index in [1.807, 2.05) is 0 Å². The van der Waals surface area contributed by atoms with Crippen molar-refractivity contribution < 1.29 is 18.0 Å². The Hall–Kier alpha value is -1.22. The number of nitrogens with two attached hydrogens (primary N) is 1. The smallest absolute Gasteiger partial charge is 0.330 e. The Labute approximate surface area is 86.4 Å². The summed E-state index contributed by atoms with van der Waals surface area (Å²) in [6, 6.07) is 0. The molecule has 6 heteroatoms. The third-order valence-electron chi connectivity index (χ3n) is 1.98. The monoisotopic (exact) mass is 222 g/mol. The molecule has 0 saturated carbocycles. The van der Waals surface area contributed by atoms with Gasteiger partial charge in [0.25, 0.3) is 5.91 Å². The lowest BCUT2D eigenvalue weighted by atomic mass is 10.0. The van der Waals surface area contributed by atoms with Crippen molar-refractivity contribution in [3.8, 4) is 12.3 Å². The fraction of sp³-hybridized carbons (Fsp3) is 0.667. The standard InChI is InChI=1S/C9H13F3N2O/c1-4-6-14(5-2)7(15)8(3,13)9(10,11)12/h1H,5-6,13H2,2-3H3. The Morgan fingerprint density at radius 3 is 2.27 bits per heavy atom. The highest BCUT2D eigenvalue weighted by molar-refractivity contribution is 5.86. The molecule has 2 N–H and O–H groups in total. The highest BCUT2D eigenvalue weighted by Gasteiger charge is 2.55. The predicted molar refractivity (Wildman–Crippen MR) is 49.7 cm³/mol. The van der Waals surface area contributed by atoms with Gasteiger partial charge in [0, 0.05) is 6.54 Å². The Morgan fingerprint density at radius 1 is 1.53 bits per heavy atom. The summed E-state index contributed by atoms with van der Waals surface area (Å²) in [5.74, 6) is 0.893. The number of halogens is 3. The number of hydrogen-bond acceptors (Lipinski definition) is 2. The van der Waals surface area contributed by atoms with E-state index in [9.17, 15) is 18.0 Å². The van der Waals surface area contributed by atoms with Crippen LogP contribution in [0, 0.1) is 12.3 Å². The van der Waals surface area contributed by atoms with Gasteiger partial charge in [0.05, 0.1) is 6.54 Å². The molecule has 0 aliphatic rings. The quantitative estimate of drug-likeness (QED) is 0.716. The lowest BCUT2D eigenvalue weighted by Gasteiger charge is -2.31. The molecule has 0 aromatic rings. The van der Waals surface area contributed by atoms with Gasteiger partial charge in [-0.3, -0.25) is 4.79 Å². The predicted octanol–water partition coefficient (Wildman–Crippen LogP) is 0.748. The molecule has 0 radical (unpaired) electrons. The van der Waals surface area contributed by atoms with Gasteiger partial charge in [0.2, 0.25) is 0 Å². The number of amides is 1. The first-order chi connectivity index (χ1) is 6.68. The number of hydrogen-bond donors (Lipinski definition) is 1. The van der Waals surface area contributed by atoms with Crippen LogP contribution in [0.2, 0.25) is 0 Å². The molecule has 0 heterocycles. The van der Waals surface area contributed by atoms with E-state index >= 15 is 0 Å². The van der Waals surface area contributed by atoms with Crippen LogP contribution in [0.25, 0.3) is 0 Å². The minimum absolute atomic E-state index is 0.0892. The van der Waals surface area contributed by atoms with Crippen molar-refractivity contribution in [3.63, 3.8) is 0 Å². The Bertz CT molecular complexity index is 278. The maximum atomic E-state index is 12.4. The Balaban J connectivity index is 4.91. The Morgan fingerprint density at radius 2 is 2.00 bits per heavy atom. The molecular formula is C9H13F3N2O. The first kappa shape index (κ1) is 13.8. The SMILES string of the molecule is C#CCN(CC)C(=O)C(C)(N)C(F)(F)F. The van der Waals surface area contributed by atoms with Crippen molar-refractivity contribution in [1.29, 1.82) is 0 Å². The summed E-state index contributed by atoms with van der Waals surface area (Å²) in [6.07, 6.45) is 0.144. The van der Waals surface area contributed by atoms with Crippen LogP contribution in [0.4, 0.5) is 13.2 Å². The molecule has 0 fully saturated rings. The van der Waals surface area contributed by atoms with Gasteiger partial charge in [-0.05, 0) is 13.8 Å². The average molecular weight is 222 g/mol. The second kappa shape index (κ2) is 4.53.